The lowest BCUT2D eigenvalue weighted by Gasteiger charge is -2.27. The van der Waals surface area contributed by atoms with Crippen molar-refractivity contribution in [3.05, 3.63) is 66.4 Å². The van der Waals surface area contributed by atoms with Gasteiger partial charge in [-0.3, -0.25) is 0 Å². The Hall–Kier alpha value is -2.75. The van der Waals surface area contributed by atoms with Gasteiger partial charge in [-0.2, -0.15) is 0 Å². The molecule has 2 aromatic carbocycles. The number of urea groups is 1. The number of hydrogen-bond donors (Lipinski definition) is 1. The van der Waals surface area contributed by atoms with Crippen molar-refractivity contribution in [2.75, 3.05) is 5.32 Å². The van der Waals surface area contributed by atoms with Gasteiger partial charge in [-0.25, -0.2) is 4.79 Å². The van der Waals surface area contributed by atoms with E-state index in [1.807, 2.05) is 73.5 Å². The van der Waals surface area contributed by atoms with Gasteiger partial charge < -0.3 is 14.8 Å². The van der Waals surface area contributed by atoms with Crippen LogP contribution in [0.3, 0.4) is 0 Å². The Morgan fingerprint density at radius 3 is 2.44 bits per heavy atom. The number of amides is 2. The van der Waals surface area contributed by atoms with Gasteiger partial charge in [0.25, 0.3) is 0 Å². The van der Waals surface area contributed by atoms with Crippen molar-refractivity contribution < 1.29 is 4.79 Å². The molecule has 0 saturated heterocycles. The third kappa shape index (κ3) is 3.68. The van der Waals surface area contributed by atoms with Crippen LogP contribution in [0.5, 0.6) is 0 Å². The molecule has 0 aliphatic heterocycles. The molecule has 3 rings (SSSR count). The highest BCUT2D eigenvalue weighted by Gasteiger charge is 2.19. The molecule has 0 aliphatic carbocycles. The summed E-state index contributed by atoms with van der Waals surface area (Å²) in [5.74, 6) is 0. The summed E-state index contributed by atoms with van der Waals surface area (Å²) in [6, 6.07) is 18.3. The number of benzene rings is 2. The molecule has 0 fully saturated rings. The van der Waals surface area contributed by atoms with E-state index >= 15 is 0 Å². The number of fused-ring (bicyclic) bond motifs is 1. The van der Waals surface area contributed by atoms with Crippen LogP contribution in [-0.2, 0) is 13.1 Å². The number of aromatic nitrogens is 1. The Morgan fingerprint density at radius 1 is 1.08 bits per heavy atom. The second-order valence-electron chi connectivity index (χ2n) is 6.48. The summed E-state index contributed by atoms with van der Waals surface area (Å²) in [7, 11) is 0. The zero-order valence-corrected chi connectivity index (χ0v) is 15.1. The van der Waals surface area contributed by atoms with Crippen LogP contribution in [0.2, 0.25) is 0 Å². The van der Waals surface area contributed by atoms with Crippen molar-refractivity contribution in [3.63, 3.8) is 0 Å². The second kappa shape index (κ2) is 7.43. The minimum Gasteiger partial charge on any atom is -0.346 e. The van der Waals surface area contributed by atoms with E-state index in [4.69, 9.17) is 0 Å². The van der Waals surface area contributed by atoms with Crippen LogP contribution in [0.25, 0.3) is 10.9 Å². The number of anilines is 1. The first-order chi connectivity index (χ1) is 12.1. The number of nitrogens with zero attached hydrogens (tertiary/aromatic N) is 2. The van der Waals surface area contributed by atoms with E-state index in [9.17, 15) is 4.79 Å². The van der Waals surface area contributed by atoms with Gasteiger partial charge in [0.15, 0.2) is 0 Å². The Bertz CT molecular complexity index is 852. The molecule has 0 bridgehead atoms. The first-order valence-electron chi connectivity index (χ1n) is 8.79. The van der Waals surface area contributed by atoms with Gasteiger partial charge in [0, 0.05) is 30.7 Å². The van der Waals surface area contributed by atoms with Crippen molar-refractivity contribution in [1.29, 1.82) is 0 Å². The number of nitrogens with one attached hydrogen (secondary N) is 1. The summed E-state index contributed by atoms with van der Waals surface area (Å²) in [6.45, 7) is 7.65. The zero-order chi connectivity index (χ0) is 17.8. The van der Waals surface area contributed by atoms with Crippen LogP contribution < -0.4 is 5.32 Å². The van der Waals surface area contributed by atoms with E-state index in [2.05, 4.69) is 22.9 Å². The Balaban J connectivity index is 1.84. The molecular formula is C21H25N3O. The van der Waals surface area contributed by atoms with Crippen molar-refractivity contribution in [2.45, 2.75) is 39.9 Å². The first kappa shape index (κ1) is 17.1. The summed E-state index contributed by atoms with van der Waals surface area (Å²) in [6.07, 6.45) is 2.02. The van der Waals surface area contributed by atoms with Gasteiger partial charge in [-0.05, 0) is 32.4 Å². The minimum absolute atomic E-state index is 0.0714. The maximum absolute atomic E-state index is 12.9. The molecule has 0 aliphatic rings. The molecule has 0 spiro atoms. The maximum Gasteiger partial charge on any atom is 0.322 e. The second-order valence-corrected chi connectivity index (χ2v) is 6.48. The van der Waals surface area contributed by atoms with Gasteiger partial charge in [-0.1, -0.05) is 48.5 Å². The highest BCUT2D eigenvalue weighted by atomic mass is 16.2. The molecule has 4 heteroatoms. The Kier molecular flexibility index (Phi) is 5.08. The molecule has 25 heavy (non-hydrogen) atoms. The molecule has 3 aromatic rings. The molecule has 0 radical (unpaired) electrons. The molecule has 4 nitrogen and oxygen atoms in total. The summed E-state index contributed by atoms with van der Waals surface area (Å²) in [5, 5.41) is 4.18. The average molecular weight is 335 g/mol. The van der Waals surface area contributed by atoms with Gasteiger partial charge in [0.2, 0.25) is 0 Å². The molecule has 2 amide bonds. The van der Waals surface area contributed by atoms with Gasteiger partial charge in [0.1, 0.15) is 0 Å². The molecule has 1 N–H and O–H groups in total. The third-order valence-corrected chi connectivity index (χ3v) is 4.45. The summed E-state index contributed by atoms with van der Waals surface area (Å²) < 4.78 is 2.15. The number of para-hydroxylation sites is 1. The first-order valence-corrected chi connectivity index (χ1v) is 8.79. The lowest BCUT2D eigenvalue weighted by atomic mass is 10.2. The standard InChI is InChI=1S/C21H25N3O/c1-4-23-15-19(18-12-8-9-13-20(18)23)22-21(25)24(16(2)3)14-17-10-6-5-7-11-17/h5-13,15-16H,4,14H2,1-3H3,(H,22,25). The molecular weight excluding hydrogens is 310 g/mol. The Morgan fingerprint density at radius 2 is 1.76 bits per heavy atom. The number of carbonyl (C=O) groups is 1. The average Bonchev–Trinajstić information content (AvgIpc) is 2.98. The highest BCUT2D eigenvalue weighted by molar-refractivity contribution is 6.01. The number of aryl methyl sites for hydroxylation is 1. The van der Waals surface area contributed by atoms with E-state index in [-0.39, 0.29) is 12.1 Å². The smallest absolute Gasteiger partial charge is 0.322 e. The van der Waals surface area contributed by atoms with Crippen molar-refractivity contribution in [1.82, 2.24) is 9.47 Å². The molecule has 0 unspecified atom stereocenters. The number of rotatable bonds is 5. The SMILES string of the molecule is CCn1cc(NC(=O)N(Cc2ccccc2)C(C)C)c2ccccc21. The third-order valence-electron chi connectivity index (χ3n) is 4.45. The zero-order valence-electron chi connectivity index (χ0n) is 15.1. The van der Waals surface area contributed by atoms with Gasteiger partial charge >= 0.3 is 6.03 Å². The molecule has 0 saturated carbocycles. The molecule has 130 valence electrons. The molecule has 1 heterocycles. The number of carbonyl (C=O) groups excluding carboxylic acids is 1. The van der Waals surface area contributed by atoms with Crippen LogP contribution >= 0.6 is 0 Å². The van der Waals surface area contributed by atoms with E-state index < -0.39 is 0 Å². The fraction of sp³-hybridized carbons (Fsp3) is 0.286. The van der Waals surface area contributed by atoms with E-state index in [1.165, 1.54) is 0 Å². The topological polar surface area (TPSA) is 37.3 Å². The minimum atomic E-state index is -0.0714. The van der Waals surface area contributed by atoms with Gasteiger partial charge in [-0.15, -0.1) is 0 Å². The molecule has 1 aromatic heterocycles. The van der Waals surface area contributed by atoms with E-state index in [1.54, 1.807) is 0 Å². The Labute approximate surface area is 149 Å². The summed E-state index contributed by atoms with van der Waals surface area (Å²) >= 11 is 0. The van der Waals surface area contributed by atoms with Crippen LogP contribution in [0.4, 0.5) is 10.5 Å². The van der Waals surface area contributed by atoms with Crippen molar-refractivity contribution in [2.24, 2.45) is 0 Å². The normalized spacial score (nSPS) is 11.0. The number of hydrogen-bond acceptors (Lipinski definition) is 1. The van der Waals surface area contributed by atoms with Crippen molar-refractivity contribution in [3.8, 4) is 0 Å². The van der Waals surface area contributed by atoms with Gasteiger partial charge in [0.05, 0.1) is 11.2 Å². The largest absolute Gasteiger partial charge is 0.346 e. The lowest BCUT2D eigenvalue weighted by Crippen LogP contribution is -2.39. The van der Waals surface area contributed by atoms with E-state index in [0.717, 1.165) is 28.7 Å². The summed E-state index contributed by atoms with van der Waals surface area (Å²) in [4.78, 5) is 14.8. The summed E-state index contributed by atoms with van der Waals surface area (Å²) in [5.41, 5.74) is 3.13. The van der Waals surface area contributed by atoms with Crippen LogP contribution in [-0.4, -0.2) is 21.5 Å². The van der Waals surface area contributed by atoms with Crippen molar-refractivity contribution >= 4 is 22.6 Å². The fourth-order valence-corrected chi connectivity index (χ4v) is 3.06. The van der Waals surface area contributed by atoms with Crippen LogP contribution in [0.15, 0.2) is 60.8 Å². The van der Waals surface area contributed by atoms with Crippen LogP contribution in [0, 0.1) is 0 Å². The van der Waals surface area contributed by atoms with E-state index in [0.29, 0.717) is 6.54 Å². The predicted octanol–water partition coefficient (Wildman–Crippen LogP) is 5.10. The van der Waals surface area contributed by atoms with Crippen LogP contribution in [0.1, 0.15) is 26.3 Å². The monoisotopic (exact) mass is 335 g/mol. The predicted molar refractivity (Wildman–Crippen MR) is 104 cm³/mol. The maximum atomic E-state index is 12.9. The highest BCUT2D eigenvalue weighted by Crippen LogP contribution is 2.26. The lowest BCUT2D eigenvalue weighted by molar-refractivity contribution is 0.193. The molecule has 0 atom stereocenters. The fourth-order valence-electron chi connectivity index (χ4n) is 3.06. The quantitative estimate of drug-likeness (QED) is 0.691.